The molecule has 3 fully saturated rings. The molecule has 2 aromatic heterocycles. The maximum Gasteiger partial charge on any atom is 0.175 e. The molecule has 3 aromatic rings. The third kappa shape index (κ3) is 3.58. The van der Waals surface area contributed by atoms with Gasteiger partial charge < -0.3 is 10.2 Å². The molecule has 4 aliphatic carbocycles. The molecular weight excluding hydrogens is 506 g/mol. The number of aryl methyl sites for hydroxylation is 1. The largest absolute Gasteiger partial charge is 0.393 e. The van der Waals surface area contributed by atoms with E-state index >= 15 is 0 Å². The first-order chi connectivity index (χ1) is 18.6. The number of ketones is 1. The van der Waals surface area contributed by atoms with Gasteiger partial charge in [-0.2, -0.15) is 5.10 Å². The van der Waals surface area contributed by atoms with Gasteiger partial charge in [0.25, 0.3) is 0 Å². The van der Waals surface area contributed by atoms with E-state index in [4.69, 9.17) is 4.98 Å². The van der Waals surface area contributed by atoms with Crippen LogP contribution in [0.5, 0.6) is 0 Å². The summed E-state index contributed by atoms with van der Waals surface area (Å²) in [7, 11) is 2.00. The molecule has 6 unspecified atom stereocenters. The standard InChI is InChI=1S/C32H37N3O3S/c1-30-15-20-17-33-35(3)25(20)14-21(30)9-10-22-23-12-13-32(38,31(23,2)16-26(36)29(22)30)27(37)18-39-28-11-8-19-6-4-5-7-24(19)34-28/h4-8,11,14,17,22-23,26,29,36,38H,9-10,12-13,15-16,18H2,1-3H3/t22?,23?,26?,29?,30?,31?,32-/m0/s1. The third-order valence-electron chi connectivity index (χ3n) is 11.1. The van der Waals surface area contributed by atoms with E-state index in [9.17, 15) is 15.0 Å². The molecule has 7 heteroatoms. The van der Waals surface area contributed by atoms with E-state index in [1.54, 1.807) is 0 Å². The summed E-state index contributed by atoms with van der Waals surface area (Å²) in [5.74, 6) is 0.687. The number of nitrogens with zero attached hydrogens (tertiary/aromatic N) is 3. The van der Waals surface area contributed by atoms with Crippen LogP contribution in [0.25, 0.3) is 17.0 Å². The highest BCUT2D eigenvalue weighted by atomic mass is 32.2. The highest BCUT2D eigenvalue weighted by Gasteiger charge is 2.68. The lowest BCUT2D eigenvalue weighted by Crippen LogP contribution is -2.62. The van der Waals surface area contributed by atoms with Crippen LogP contribution in [0.2, 0.25) is 0 Å². The second-order valence-electron chi connectivity index (χ2n) is 12.9. The van der Waals surface area contributed by atoms with Crippen LogP contribution in [0.4, 0.5) is 0 Å². The number of aliphatic hydroxyl groups is 2. The monoisotopic (exact) mass is 543 g/mol. The smallest absolute Gasteiger partial charge is 0.175 e. The number of thioether (sulfide) groups is 1. The summed E-state index contributed by atoms with van der Waals surface area (Å²) in [5.41, 5.74) is 2.59. The van der Waals surface area contributed by atoms with Gasteiger partial charge in [-0.3, -0.25) is 9.48 Å². The molecule has 0 aliphatic heterocycles. The van der Waals surface area contributed by atoms with Crippen molar-refractivity contribution in [1.29, 1.82) is 0 Å². The summed E-state index contributed by atoms with van der Waals surface area (Å²) >= 11 is 1.40. The number of allylic oxidation sites excluding steroid dienone is 1. The number of carbonyl (C=O) groups is 1. The fourth-order valence-corrected chi connectivity index (χ4v) is 10.0. The first-order valence-electron chi connectivity index (χ1n) is 14.3. The van der Waals surface area contributed by atoms with Crippen molar-refractivity contribution in [3.05, 3.63) is 59.4 Å². The van der Waals surface area contributed by atoms with Gasteiger partial charge in [0, 0.05) is 17.8 Å². The normalized spacial score (nSPS) is 37.0. The molecule has 1 aromatic carbocycles. The van der Waals surface area contributed by atoms with E-state index in [1.165, 1.54) is 28.6 Å². The molecule has 0 saturated heterocycles. The lowest BCUT2D eigenvalue weighted by molar-refractivity contribution is -0.177. The topological polar surface area (TPSA) is 88.2 Å². The molecule has 0 bridgehead atoms. The predicted molar refractivity (Wildman–Crippen MR) is 153 cm³/mol. The van der Waals surface area contributed by atoms with E-state index in [1.807, 2.05) is 54.3 Å². The zero-order chi connectivity index (χ0) is 27.2. The van der Waals surface area contributed by atoms with Crippen molar-refractivity contribution in [3.8, 4) is 0 Å². The Morgan fingerprint density at radius 1 is 1.18 bits per heavy atom. The highest BCUT2D eigenvalue weighted by Crippen LogP contribution is 2.67. The fourth-order valence-electron chi connectivity index (χ4n) is 9.17. The summed E-state index contributed by atoms with van der Waals surface area (Å²) < 4.78 is 1.95. The lowest BCUT2D eigenvalue weighted by Gasteiger charge is -2.60. The van der Waals surface area contributed by atoms with Crippen molar-refractivity contribution in [2.75, 3.05) is 5.75 Å². The second kappa shape index (κ2) is 8.76. The quantitative estimate of drug-likeness (QED) is 0.439. The van der Waals surface area contributed by atoms with Crippen LogP contribution >= 0.6 is 11.8 Å². The van der Waals surface area contributed by atoms with Crippen molar-refractivity contribution < 1.29 is 15.0 Å². The van der Waals surface area contributed by atoms with Gasteiger partial charge in [0.15, 0.2) is 5.78 Å². The molecular formula is C32H37N3O3S. The van der Waals surface area contributed by atoms with Crippen LogP contribution in [-0.2, 0) is 18.3 Å². The van der Waals surface area contributed by atoms with Gasteiger partial charge in [-0.1, -0.05) is 55.4 Å². The minimum atomic E-state index is -1.42. The number of carbonyl (C=O) groups excluding carboxylic acids is 1. The molecule has 0 amide bonds. The van der Waals surface area contributed by atoms with Crippen LogP contribution in [0.1, 0.15) is 57.2 Å². The molecule has 7 rings (SSSR count). The summed E-state index contributed by atoms with van der Waals surface area (Å²) in [4.78, 5) is 18.5. The molecule has 0 radical (unpaired) electrons. The second-order valence-corrected chi connectivity index (χ2v) is 13.9. The SMILES string of the molecule is Cn1ncc2c1C=C1CCC3C(C(O)CC4(C)C3CC[C@]4(O)C(=O)CSc3ccc4ccccc4n3)C1(C)C2. The van der Waals surface area contributed by atoms with Gasteiger partial charge in [-0.05, 0) is 85.5 Å². The number of rotatable bonds is 4. The average Bonchev–Trinajstić information content (AvgIpc) is 3.40. The number of benzene rings is 1. The van der Waals surface area contributed by atoms with E-state index in [0.29, 0.717) is 12.8 Å². The Balaban J connectivity index is 1.14. The van der Waals surface area contributed by atoms with Crippen LogP contribution in [-0.4, -0.2) is 48.2 Å². The van der Waals surface area contributed by atoms with Crippen LogP contribution < -0.4 is 0 Å². The molecule has 204 valence electrons. The van der Waals surface area contributed by atoms with Crippen molar-refractivity contribution in [3.63, 3.8) is 0 Å². The first-order valence-corrected chi connectivity index (χ1v) is 15.3. The summed E-state index contributed by atoms with van der Waals surface area (Å²) in [5, 5.41) is 30.3. The van der Waals surface area contributed by atoms with Gasteiger partial charge in [0.2, 0.25) is 0 Å². The number of aliphatic hydroxyl groups excluding tert-OH is 1. The fraction of sp³-hybridized carbons (Fsp3) is 0.531. The lowest BCUT2D eigenvalue weighted by atomic mass is 9.45. The molecule has 2 heterocycles. The van der Waals surface area contributed by atoms with Crippen LogP contribution in [0.15, 0.2) is 53.2 Å². The van der Waals surface area contributed by atoms with E-state index in [-0.39, 0.29) is 34.7 Å². The maximum atomic E-state index is 13.8. The zero-order valence-electron chi connectivity index (χ0n) is 22.9. The summed E-state index contributed by atoms with van der Waals surface area (Å²) in [6.07, 6.45) is 8.38. The molecule has 0 spiro atoms. The zero-order valence-corrected chi connectivity index (χ0v) is 23.7. The van der Waals surface area contributed by atoms with Gasteiger partial charge >= 0.3 is 0 Å². The number of hydrogen-bond acceptors (Lipinski definition) is 6. The molecule has 39 heavy (non-hydrogen) atoms. The predicted octanol–water partition coefficient (Wildman–Crippen LogP) is 5.21. The molecule has 4 aliphatic rings. The Morgan fingerprint density at radius 2 is 2.00 bits per heavy atom. The summed E-state index contributed by atoms with van der Waals surface area (Å²) in [6, 6.07) is 11.9. The highest BCUT2D eigenvalue weighted by molar-refractivity contribution is 7.99. The Hall–Kier alpha value is -2.48. The van der Waals surface area contributed by atoms with E-state index < -0.39 is 17.1 Å². The Kier molecular flexibility index (Phi) is 5.72. The molecule has 2 N–H and O–H groups in total. The van der Waals surface area contributed by atoms with Gasteiger partial charge in [-0.25, -0.2) is 4.98 Å². The molecule has 7 atom stereocenters. The average molecular weight is 544 g/mol. The molecule has 3 saturated carbocycles. The van der Waals surface area contributed by atoms with Gasteiger partial charge in [0.1, 0.15) is 5.60 Å². The minimum Gasteiger partial charge on any atom is -0.393 e. The molecule has 6 nitrogen and oxygen atoms in total. The number of fused-ring (bicyclic) bond motifs is 7. The Bertz CT molecular complexity index is 1520. The number of aromatic nitrogens is 3. The van der Waals surface area contributed by atoms with Crippen molar-refractivity contribution in [2.45, 2.75) is 69.1 Å². The van der Waals surface area contributed by atoms with Crippen LogP contribution in [0.3, 0.4) is 0 Å². The number of pyridine rings is 1. The maximum absolute atomic E-state index is 13.8. The Morgan fingerprint density at radius 3 is 2.85 bits per heavy atom. The van der Waals surface area contributed by atoms with Crippen molar-refractivity contribution in [2.24, 2.45) is 35.6 Å². The van der Waals surface area contributed by atoms with Crippen molar-refractivity contribution in [1.82, 2.24) is 14.8 Å². The minimum absolute atomic E-state index is 0.123. The van der Waals surface area contributed by atoms with Gasteiger partial charge in [-0.15, -0.1) is 0 Å². The van der Waals surface area contributed by atoms with Gasteiger partial charge in [0.05, 0.1) is 34.3 Å². The van der Waals surface area contributed by atoms with Crippen LogP contribution in [0, 0.1) is 28.6 Å². The number of hydrogen-bond donors (Lipinski definition) is 2. The van der Waals surface area contributed by atoms with E-state index in [2.05, 4.69) is 25.0 Å². The third-order valence-corrected chi connectivity index (χ3v) is 12.1. The number of Topliss-reactive ketones (excluding diaryl/α,β-unsaturated/α-hetero) is 1. The van der Waals surface area contributed by atoms with E-state index in [0.717, 1.165) is 41.6 Å². The number of para-hydroxylation sites is 1. The Labute approximate surface area is 233 Å². The summed E-state index contributed by atoms with van der Waals surface area (Å²) in [6.45, 7) is 4.41. The van der Waals surface area contributed by atoms with Crippen molar-refractivity contribution >= 4 is 34.5 Å². The first kappa shape index (κ1) is 25.5.